The highest BCUT2D eigenvalue weighted by Gasteiger charge is 2.49. The number of hydrazine groups is 2. The summed E-state index contributed by atoms with van der Waals surface area (Å²) in [7, 11) is 0. The van der Waals surface area contributed by atoms with Gasteiger partial charge in [0, 0.05) is 44.7 Å². The molecule has 202 valence electrons. The van der Waals surface area contributed by atoms with Gasteiger partial charge in [-0.1, -0.05) is 0 Å². The molecule has 6 rings (SSSR count). The first kappa shape index (κ1) is 24.9. The van der Waals surface area contributed by atoms with Gasteiger partial charge in [0.1, 0.15) is 6.10 Å². The maximum absolute atomic E-state index is 13.6. The predicted molar refractivity (Wildman–Crippen MR) is 135 cm³/mol. The van der Waals surface area contributed by atoms with Crippen molar-refractivity contribution in [2.24, 2.45) is 11.8 Å². The number of hydrogen-bond acceptors (Lipinski definition) is 8. The molecule has 4 unspecified atom stereocenters. The maximum atomic E-state index is 13.6. The quantitative estimate of drug-likeness (QED) is 0.531. The van der Waals surface area contributed by atoms with Crippen molar-refractivity contribution >= 4 is 12.0 Å². The van der Waals surface area contributed by atoms with Gasteiger partial charge in [-0.2, -0.15) is 0 Å². The summed E-state index contributed by atoms with van der Waals surface area (Å²) in [6.07, 6.45) is 9.46. The first-order valence-electron chi connectivity index (χ1n) is 14.4. The van der Waals surface area contributed by atoms with Gasteiger partial charge in [0.15, 0.2) is 0 Å². The van der Waals surface area contributed by atoms with Crippen molar-refractivity contribution < 1.29 is 14.3 Å². The first-order chi connectivity index (χ1) is 17.5. The Morgan fingerprint density at radius 1 is 0.833 bits per heavy atom. The molecule has 3 aliphatic carbocycles. The van der Waals surface area contributed by atoms with Crippen molar-refractivity contribution in [2.75, 3.05) is 33.0 Å². The van der Waals surface area contributed by atoms with Crippen molar-refractivity contribution in [3.05, 3.63) is 0 Å². The van der Waals surface area contributed by atoms with Crippen LogP contribution < -0.4 is 16.2 Å². The van der Waals surface area contributed by atoms with E-state index < -0.39 is 0 Å². The second-order valence-corrected chi connectivity index (χ2v) is 12.2. The van der Waals surface area contributed by atoms with Crippen LogP contribution in [0.3, 0.4) is 0 Å². The Bertz CT molecular complexity index is 811. The van der Waals surface area contributed by atoms with Crippen molar-refractivity contribution in [3.63, 3.8) is 0 Å². The Balaban J connectivity index is 1.10. The third-order valence-electron chi connectivity index (χ3n) is 9.80. The molecular weight excluding hydrogens is 458 g/mol. The molecule has 10 nitrogen and oxygen atoms in total. The molecule has 3 saturated carbocycles. The predicted octanol–water partition coefficient (Wildman–Crippen LogP) is 1.45. The summed E-state index contributed by atoms with van der Waals surface area (Å²) in [4.78, 5) is 30.3. The summed E-state index contributed by atoms with van der Waals surface area (Å²) in [5.41, 5.74) is 7.02. The molecule has 6 aliphatic rings. The molecule has 0 aromatic carbocycles. The SMILES string of the molecule is CC(=O)N1C2CCC(C3CNN(C4CC4)C3)CC2N(C(=O)OC2CCC(N3CNCN3)CC2)C[C@@H]1C. The van der Waals surface area contributed by atoms with Gasteiger partial charge in [-0.25, -0.2) is 20.2 Å². The second kappa shape index (κ2) is 10.4. The Hall–Kier alpha value is -1.46. The number of hydrogen-bond donors (Lipinski definition) is 3. The fourth-order valence-electron chi connectivity index (χ4n) is 7.77. The van der Waals surface area contributed by atoms with Gasteiger partial charge < -0.3 is 14.5 Å². The molecule has 0 aromatic rings. The molecule has 0 bridgehead atoms. The van der Waals surface area contributed by atoms with Crippen molar-refractivity contribution in [3.8, 4) is 0 Å². The van der Waals surface area contributed by atoms with Crippen LogP contribution in [0.4, 0.5) is 4.79 Å². The lowest BCUT2D eigenvalue weighted by Gasteiger charge is -2.54. The standard InChI is InChI=1S/C26H45N7O3/c1-17-13-30(26(35)36-23-8-6-22(7-9-23)32-16-27-15-29-32)25-11-19(3-10-24(25)33(17)18(2)34)20-12-28-31(14-20)21-4-5-21/h17,19-25,27-29H,3-16H2,1-2H3/t17-,19?,20?,22?,23?,24?,25?/m0/s1. The van der Waals surface area contributed by atoms with E-state index in [1.165, 1.54) is 12.8 Å². The first-order valence-corrected chi connectivity index (χ1v) is 14.4. The van der Waals surface area contributed by atoms with Crippen LogP contribution >= 0.6 is 0 Å². The fourth-order valence-corrected chi connectivity index (χ4v) is 7.77. The smallest absolute Gasteiger partial charge is 0.410 e. The van der Waals surface area contributed by atoms with E-state index in [2.05, 4.69) is 38.0 Å². The van der Waals surface area contributed by atoms with Gasteiger partial charge in [-0.15, -0.1) is 0 Å². The Labute approximate surface area is 215 Å². The highest BCUT2D eigenvalue weighted by atomic mass is 16.6. The third-order valence-corrected chi connectivity index (χ3v) is 9.80. The van der Waals surface area contributed by atoms with Crippen LogP contribution in [0.1, 0.15) is 71.6 Å². The zero-order valence-corrected chi connectivity index (χ0v) is 22.0. The van der Waals surface area contributed by atoms with Gasteiger partial charge in [-0.05, 0) is 76.5 Å². The van der Waals surface area contributed by atoms with E-state index in [0.717, 1.165) is 77.4 Å². The highest BCUT2D eigenvalue weighted by Crippen LogP contribution is 2.41. The monoisotopic (exact) mass is 503 g/mol. The zero-order valence-electron chi connectivity index (χ0n) is 22.0. The number of nitrogens with zero attached hydrogens (tertiary/aromatic N) is 4. The van der Waals surface area contributed by atoms with Crippen LogP contribution in [0.2, 0.25) is 0 Å². The van der Waals surface area contributed by atoms with E-state index in [4.69, 9.17) is 4.74 Å². The molecule has 3 N–H and O–H groups in total. The van der Waals surface area contributed by atoms with Gasteiger partial charge in [0.2, 0.25) is 5.91 Å². The molecule has 36 heavy (non-hydrogen) atoms. The lowest BCUT2D eigenvalue weighted by molar-refractivity contribution is -0.142. The number of fused-ring (bicyclic) bond motifs is 1. The highest BCUT2D eigenvalue weighted by molar-refractivity contribution is 5.75. The molecular formula is C26H45N7O3. The molecule has 3 aliphatic heterocycles. The average Bonchev–Trinajstić information content (AvgIpc) is 3.36. The number of nitrogens with one attached hydrogen (secondary N) is 3. The number of carbonyl (C=O) groups is 2. The normalized spacial score (nSPS) is 40.3. The number of rotatable bonds is 4. The Morgan fingerprint density at radius 2 is 1.58 bits per heavy atom. The van der Waals surface area contributed by atoms with Gasteiger partial charge in [0.05, 0.1) is 25.4 Å². The van der Waals surface area contributed by atoms with Crippen molar-refractivity contribution in [2.45, 2.75) is 108 Å². The summed E-state index contributed by atoms with van der Waals surface area (Å²) in [5, 5.41) is 8.06. The van der Waals surface area contributed by atoms with Gasteiger partial charge >= 0.3 is 6.09 Å². The van der Waals surface area contributed by atoms with E-state index in [9.17, 15) is 9.59 Å². The second-order valence-electron chi connectivity index (χ2n) is 12.2. The zero-order chi connectivity index (χ0) is 24.8. The van der Waals surface area contributed by atoms with Crippen LogP contribution in [0.25, 0.3) is 0 Å². The number of ether oxygens (including phenoxy) is 1. The van der Waals surface area contributed by atoms with Crippen molar-refractivity contribution in [1.82, 2.24) is 36.0 Å². The summed E-state index contributed by atoms with van der Waals surface area (Å²) >= 11 is 0. The minimum atomic E-state index is -0.158. The van der Waals surface area contributed by atoms with E-state index in [1.807, 2.05) is 4.90 Å². The molecule has 2 amide bonds. The lowest BCUT2D eigenvalue weighted by atomic mass is 9.73. The molecule has 0 aromatic heterocycles. The Morgan fingerprint density at radius 3 is 2.28 bits per heavy atom. The molecule has 6 fully saturated rings. The summed E-state index contributed by atoms with van der Waals surface area (Å²) in [6, 6.07) is 1.42. The summed E-state index contributed by atoms with van der Waals surface area (Å²) in [5.74, 6) is 1.34. The Kier molecular flexibility index (Phi) is 7.15. The van der Waals surface area contributed by atoms with E-state index >= 15 is 0 Å². The summed E-state index contributed by atoms with van der Waals surface area (Å²) < 4.78 is 6.16. The van der Waals surface area contributed by atoms with Crippen LogP contribution in [0.5, 0.6) is 0 Å². The van der Waals surface area contributed by atoms with Crippen molar-refractivity contribution in [1.29, 1.82) is 0 Å². The molecule has 0 radical (unpaired) electrons. The largest absolute Gasteiger partial charge is 0.446 e. The number of amides is 2. The third kappa shape index (κ3) is 4.99. The minimum Gasteiger partial charge on any atom is -0.446 e. The van der Waals surface area contributed by atoms with Crippen LogP contribution in [-0.2, 0) is 9.53 Å². The molecule has 3 saturated heterocycles. The van der Waals surface area contributed by atoms with Crippen LogP contribution in [0, 0.1) is 11.8 Å². The molecule has 5 atom stereocenters. The van der Waals surface area contributed by atoms with Gasteiger partial charge in [-0.3, -0.25) is 15.5 Å². The number of piperazine rings is 1. The average molecular weight is 504 g/mol. The van der Waals surface area contributed by atoms with E-state index in [1.54, 1.807) is 6.92 Å². The minimum absolute atomic E-state index is 0.00516. The van der Waals surface area contributed by atoms with Crippen LogP contribution in [-0.4, -0.2) is 101 Å². The topological polar surface area (TPSA) is 92.4 Å². The van der Waals surface area contributed by atoms with E-state index in [-0.39, 0.29) is 36.2 Å². The van der Waals surface area contributed by atoms with E-state index in [0.29, 0.717) is 24.4 Å². The lowest BCUT2D eigenvalue weighted by Crippen LogP contribution is -2.67. The summed E-state index contributed by atoms with van der Waals surface area (Å²) in [6.45, 7) is 8.22. The van der Waals surface area contributed by atoms with Gasteiger partial charge in [0.25, 0.3) is 0 Å². The van der Waals surface area contributed by atoms with Crippen LogP contribution in [0.15, 0.2) is 0 Å². The molecule has 3 heterocycles. The maximum Gasteiger partial charge on any atom is 0.410 e. The number of carbonyl (C=O) groups excluding carboxylic acids is 2. The molecule has 10 heteroatoms. The fraction of sp³-hybridized carbons (Fsp3) is 0.923. The molecule has 0 spiro atoms.